The fraction of sp³-hybridized carbons (Fsp3) is 0.562. The van der Waals surface area contributed by atoms with E-state index in [0.717, 1.165) is 18.5 Å². The van der Waals surface area contributed by atoms with Gasteiger partial charge in [-0.2, -0.15) is 0 Å². The number of carbonyl (C=O) groups is 1. The summed E-state index contributed by atoms with van der Waals surface area (Å²) in [4.78, 5) is 12.4. The number of aromatic nitrogens is 1. The standard InChI is InChI=1S/C16H22N2O/c1-12(13-6-3-2-4-7-13)17-16(19)15-8-5-11-18(15)14-9-10-14/h5-6,8,11-12,14H,2-4,7,9-10H2,1H3,(H,17,19)/t12-/m1/s1. The third-order valence-corrected chi connectivity index (χ3v) is 4.18. The summed E-state index contributed by atoms with van der Waals surface area (Å²) in [5.74, 6) is 0.0656. The second-order valence-corrected chi connectivity index (χ2v) is 5.75. The summed E-state index contributed by atoms with van der Waals surface area (Å²) in [7, 11) is 0. The van der Waals surface area contributed by atoms with Gasteiger partial charge in [-0.25, -0.2) is 0 Å². The molecule has 0 saturated heterocycles. The number of hydrogen-bond acceptors (Lipinski definition) is 1. The zero-order chi connectivity index (χ0) is 13.2. The van der Waals surface area contributed by atoms with Gasteiger partial charge in [-0.1, -0.05) is 11.6 Å². The normalized spacial score (nSPS) is 20.8. The Bertz CT molecular complexity index is 497. The molecule has 1 saturated carbocycles. The van der Waals surface area contributed by atoms with Crippen LogP contribution in [-0.2, 0) is 0 Å². The molecular formula is C16H22N2O. The molecule has 1 aromatic rings. The molecule has 2 aliphatic carbocycles. The maximum absolute atomic E-state index is 12.4. The Labute approximate surface area is 114 Å². The molecule has 1 aromatic heterocycles. The maximum Gasteiger partial charge on any atom is 0.268 e. The average molecular weight is 258 g/mol. The molecule has 0 radical (unpaired) electrons. The zero-order valence-corrected chi connectivity index (χ0v) is 11.6. The molecule has 1 amide bonds. The maximum atomic E-state index is 12.4. The minimum atomic E-state index is 0.0656. The van der Waals surface area contributed by atoms with Crippen molar-refractivity contribution >= 4 is 5.91 Å². The Morgan fingerprint density at radius 1 is 1.42 bits per heavy atom. The molecule has 1 heterocycles. The molecule has 19 heavy (non-hydrogen) atoms. The molecule has 2 aliphatic rings. The van der Waals surface area contributed by atoms with Crippen LogP contribution < -0.4 is 5.32 Å². The first-order chi connectivity index (χ1) is 9.25. The summed E-state index contributed by atoms with van der Waals surface area (Å²) in [6.45, 7) is 2.10. The molecule has 1 fully saturated rings. The van der Waals surface area contributed by atoms with Crippen LogP contribution in [0.15, 0.2) is 30.0 Å². The van der Waals surface area contributed by atoms with Gasteiger partial charge in [0.1, 0.15) is 5.69 Å². The van der Waals surface area contributed by atoms with Crippen molar-refractivity contribution in [3.8, 4) is 0 Å². The lowest BCUT2D eigenvalue weighted by Gasteiger charge is -2.21. The van der Waals surface area contributed by atoms with Crippen LogP contribution in [-0.4, -0.2) is 16.5 Å². The Morgan fingerprint density at radius 3 is 2.95 bits per heavy atom. The lowest BCUT2D eigenvalue weighted by molar-refractivity contribution is 0.0935. The molecule has 0 unspecified atom stereocenters. The van der Waals surface area contributed by atoms with E-state index in [4.69, 9.17) is 0 Å². The molecule has 1 atom stereocenters. The minimum absolute atomic E-state index is 0.0656. The number of hydrogen-bond donors (Lipinski definition) is 1. The van der Waals surface area contributed by atoms with E-state index in [2.05, 4.69) is 22.9 Å². The lowest BCUT2D eigenvalue weighted by Crippen LogP contribution is -2.35. The second-order valence-electron chi connectivity index (χ2n) is 5.75. The summed E-state index contributed by atoms with van der Waals surface area (Å²) in [5.41, 5.74) is 2.20. The number of allylic oxidation sites excluding steroid dienone is 1. The molecule has 3 nitrogen and oxygen atoms in total. The van der Waals surface area contributed by atoms with Gasteiger partial charge in [-0.15, -0.1) is 0 Å². The van der Waals surface area contributed by atoms with Crippen molar-refractivity contribution < 1.29 is 4.79 Å². The SMILES string of the molecule is C[C@@H](NC(=O)c1cccn1C1CC1)C1=CCCCC1. The van der Waals surface area contributed by atoms with Crippen molar-refractivity contribution in [1.29, 1.82) is 0 Å². The number of nitrogens with one attached hydrogen (secondary N) is 1. The van der Waals surface area contributed by atoms with Crippen LogP contribution in [0.2, 0.25) is 0 Å². The number of nitrogens with zero attached hydrogens (tertiary/aromatic N) is 1. The molecule has 102 valence electrons. The first kappa shape index (κ1) is 12.5. The highest BCUT2D eigenvalue weighted by molar-refractivity contribution is 5.93. The van der Waals surface area contributed by atoms with E-state index in [1.54, 1.807) is 0 Å². The van der Waals surface area contributed by atoms with E-state index in [9.17, 15) is 4.79 Å². The fourth-order valence-electron chi connectivity index (χ4n) is 2.88. The summed E-state index contributed by atoms with van der Waals surface area (Å²) in [6, 6.07) is 4.61. The van der Waals surface area contributed by atoms with Crippen molar-refractivity contribution in [3.05, 3.63) is 35.7 Å². The van der Waals surface area contributed by atoms with Gasteiger partial charge in [-0.3, -0.25) is 4.79 Å². The van der Waals surface area contributed by atoms with Gasteiger partial charge in [0.2, 0.25) is 0 Å². The van der Waals surface area contributed by atoms with Crippen molar-refractivity contribution in [2.45, 2.75) is 57.5 Å². The van der Waals surface area contributed by atoms with E-state index in [-0.39, 0.29) is 11.9 Å². The highest BCUT2D eigenvalue weighted by Crippen LogP contribution is 2.36. The van der Waals surface area contributed by atoms with Crippen LogP contribution in [0.25, 0.3) is 0 Å². The number of carbonyl (C=O) groups excluding carboxylic acids is 1. The monoisotopic (exact) mass is 258 g/mol. The number of amides is 1. The molecule has 0 aliphatic heterocycles. The van der Waals surface area contributed by atoms with Crippen molar-refractivity contribution in [1.82, 2.24) is 9.88 Å². The van der Waals surface area contributed by atoms with E-state index in [1.165, 1.54) is 31.3 Å². The van der Waals surface area contributed by atoms with Gasteiger partial charge < -0.3 is 9.88 Å². The second kappa shape index (κ2) is 5.24. The Balaban J connectivity index is 1.67. The third-order valence-electron chi connectivity index (χ3n) is 4.18. The van der Waals surface area contributed by atoms with Gasteiger partial charge in [0.15, 0.2) is 0 Å². The van der Waals surface area contributed by atoms with Crippen LogP contribution in [0.3, 0.4) is 0 Å². The first-order valence-electron chi connectivity index (χ1n) is 7.42. The molecule has 3 heteroatoms. The molecular weight excluding hydrogens is 236 g/mol. The van der Waals surface area contributed by atoms with Gasteiger partial charge in [-0.05, 0) is 57.6 Å². The average Bonchev–Trinajstić information content (AvgIpc) is 3.16. The highest BCUT2D eigenvalue weighted by Gasteiger charge is 2.27. The van der Waals surface area contributed by atoms with Gasteiger partial charge in [0, 0.05) is 18.3 Å². The lowest BCUT2D eigenvalue weighted by atomic mass is 9.95. The van der Waals surface area contributed by atoms with Gasteiger partial charge in [0.25, 0.3) is 5.91 Å². The predicted octanol–water partition coefficient (Wildman–Crippen LogP) is 3.44. The summed E-state index contributed by atoms with van der Waals surface area (Å²) in [6.07, 6.45) is 11.6. The third kappa shape index (κ3) is 2.75. The van der Waals surface area contributed by atoms with Crippen molar-refractivity contribution in [2.24, 2.45) is 0 Å². The van der Waals surface area contributed by atoms with E-state index < -0.39 is 0 Å². The van der Waals surface area contributed by atoms with E-state index in [0.29, 0.717) is 6.04 Å². The van der Waals surface area contributed by atoms with E-state index in [1.807, 2.05) is 18.3 Å². The topological polar surface area (TPSA) is 34.0 Å². The zero-order valence-electron chi connectivity index (χ0n) is 11.6. The van der Waals surface area contributed by atoms with Crippen LogP contribution in [0.5, 0.6) is 0 Å². The Kier molecular flexibility index (Phi) is 3.45. The quantitative estimate of drug-likeness (QED) is 0.825. The van der Waals surface area contributed by atoms with Crippen molar-refractivity contribution in [2.75, 3.05) is 0 Å². The van der Waals surface area contributed by atoms with Crippen LogP contribution in [0.4, 0.5) is 0 Å². The molecule has 0 spiro atoms. The summed E-state index contributed by atoms with van der Waals surface area (Å²) < 4.78 is 2.12. The fourth-order valence-corrected chi connectivity index (χ4v) is 2.88. The minimum Gasteiger partial charge on any atom is -0.345 e. The molecule has 1 N–H and O–H groups in total. The Hall–Kier alpha value is -1.51. The summed E-state index contributed by atoms with van der Waals surface area (Å²) in [5, 5.41) is 3.15. The smallest absolute Gasteiger partial charge is 0.268 e. The first-order valence-corrected chi connectivity index (χ1v) is 7.42. The molecule has 0 bridgehead atoms. The van der Waals surface area contributed by atoms with Crippen LogP contribution >= 0.6 is 0 Å². The van der Waals surface area contributed by atoms with Gasteiger partial charge in [0.05, 0.1) is 0 Å². The highest BCUT2D eigenvalue weighted by atomic mass is 16.2. The largest absolute Gasteiger partial charge is 0.345 e. The molecule has 0 aromatic carbocycles. The predicted molar refractivity (Wildman–Crippen MR) is 76.2 cm³/mol. The van der Waals surface area contributed by atoms with Crippen LogP contribution in [0, 0.1) is 0 Å². The van der Waals surface area contributed by atoms with Crippen LogP contribution in [0.1, 0.15) is 62.0 Å². The summed E-state index contributed by atoms with van der Waals surface area (Å²) >= 11 is 0. The molecule has 3 rings (SSSR count). The Morgan fingerprint density at radius 2 is 2.26 bits per heavy atom. The van der Waals surface area contributed by atoms with Crippen molar-refractivity contribution in [3.63, 3.8) is 0 Å². The van der Waals surface area contributed by atoms with E-state index >= 15 is 0 Å². The van der Waals surface area contributed by atoms with Gasteiger partial charge >= 0.3 is 0 Å². The number of rotatable bonds is 4.